The minimum Gasteiger partial charge on any atom is -0.314 e. The van der Waals surface area contributed by atoms with Crippen molar-refractivity contribution >= 4 is 0 Å². The summed E-state index contributed by atoms with van der Waals surface area (Å²) in [7, 11) is 2.23. The Morgan fingerprint density at radius 2 is 1.89 bits per heavy atom. The first-order chi connectivity index (χ1) is 8.52. The second-order valence-corrected chi connectivity index (χ2v) is 6.61. The largest absolute Gasteiger partial charge is 0.314 e. The molecule has 1 rings (SSSR count). The Morgan fingerprint density at radius 1 is 1.17 bits per heavy atom. The quantitative estimate of drug-likeness (QED) is 0.699. The molecule has 2 nitrogen and oxygen atoms in total. The van der Waals surface area contributed by atoms with E-state index in [-0.39, 0.29) is 0 Å². The lowest BCUT2D eigenvalue weighted by Crippen LogP contribution is -2.41. The van der Waals surface area contributed by atoms with Crippen molar-refractivity contribution in [1.82, 2.24) is 10.2 Å². The Balaban J connectivity index is 2.07. The van der Waals surface area contributed by atoms with E-state index in [0.717, 1.165) is 17.9 Å². The first-order valence-corrected chi connectivity index (χ1v) is 7.96. The fraction of sp³-hybridized carbons (Fsp3) is 1.00. The van der Waals surface area contributed by atoms with E-state index in [1.165, 1.54) is 45.2 Å². The molecule has 0 radical (unpaired) electrons. The van der Waals surface area contributed by atoms with E-state index in [4.69, 9.17) is 0 Å². The highest BCUT2D eigenvalue weighted by molar-refractivity contribution is 4.82. The smallest absolute Gasteiger partial charge is 0.00952 e. The molecule has 1 aliphatic rings. The Bertz CT molecular complexity index is 215. The van der Waals surface area contributed by atoms with E-state index >= 15 is 0 Å². The molecule has 0 aromatic carbocycles. The van der Waals surface area contributed by atoms with Gasteiger partial charge in [0.2, 0.25) is 0 Å². The maximum Gasteiger partial charge on any atom is 0.00952 e. The van der Waals surface area contributed by atoms with Gasteiger partial charge in [-0.25, -0.2) is 0 Å². The third-order valence-corrected chi connectivity index (χ3v) is 4.93. The summed E-state index contributed by atoms with van der Waals surface area (Å²) in [6, 6.07) is 1.45. The van der Waals surface area contributed by atoms with Crippen LogP contribution in [0.1, 0.15) is 59.8 Å². The molecule has 3 unspecified atom stereocenters. The van der Waals surface area contributed by atoms with Crippen LogP contribution in [0.2, 0.25) is 0 Å². The number of rotatable bonds is 7. The van der Waals surface area contributed by atoms with Crippen LogP contribution < -0.4 is 5.32 Å². The van der Waals surface area contributed by atoms with Crippen LogP contribution in [0.3, 0.4) is 0 Å². The molecule has 1 fully saturated rings. The van der Waals surface area contributed by atoms with Gasteiger partial charge in [0.05, 0.1) is 0 Å². The van der Waals surface area contributed by atoms with E-state index < -0.39 is 0 Å². The summed E-state index contributed by atoms with van der Waals surface area (Å²) < 4.78 is 0. The number of hydrogen-bond donors (Lipinski definition) is 1. The van der Waals surface area contributed by atoms with Crippen LogP contribution in [0.4, 0.5) is 0 Å². The van der Waals surface area contributed by atoms with Gasteiger partial charge in [0.25, 0.3) is 0 Å². The lowest BCUT2D eigenvalue weighted by molar-refractivity contribution is 0.205. The summed E-state index contributed by atoms with van der Waals surface area (Å²) in [5, 5.41) is 3.79. The van der Waals surface area contributed by atoms with Gasteiger partial charge >= 0.3 is 0 Å². The highest BCUT2D eigenvalue weighted by Gasteiger charge is 2.26. The van der Waals surface area contributed by atoms with Crippen molar-refractivity contribution in [2.45, 2.75) is 71.9 Å². The van der Waals surface area contributed by atoms with Gasteiger partial charge in [0, 0.05) is 12.1 Å². The molecule has 0 spiro atoms. The fourth-order valence-corrected chi connectivity index (χ4v) is 2.90. The standard InChI is InChI=1S/C16H34N2/c1-13(2)18(5)12-7-6-11-17-16-10-8-9-14(3)15(16)4/h13-17H,6-12H2,1-5H3. The molecule has 2 heteroatoms. The molecule has 1 saturated carbocycles. The molecule has 3 atom stereocenters. The zero-order valence-electron chi connectivity index (χ0n) is 13.2. The average molecular weight is 254 g/mol. The number of unbranched alkanes of at least 4 members (excludes halogenated alkanes) is 1. The minimum atomic E-state index is 0.678. The normalized spacial score (nSPS) is 29.2. The van der Waals surface area contributed by atoms with E-state index in [1.807, 2.05) is 0 Å². The van der Waals surface area contributed by atoms with Gasteiger partial charge in [-0.15, -0.1) is 0 Å². The average Bonchev–Trinajstić information content (AvgIpc) is 2.33. The third-order valence-electron chi connectivity index (χ3n) is 4.93. The van der Waals surface area contributed by atoms with Crippen LogP contribution in [-0.4, -0.2) is 37.1 Å². The Kier molecular flexibility index (Phi) is 7.25. The highest BCUT2D eigenvalue weighted by Crippen LogP contribution is 2.29. The molecular weight excluding hydrogens is 220 g/mol. The van der Waals surface area contributed by atoms with Crippen molar-refractivity contribution in [1.29, 1.82) is 0 Å². The SMILES string of the molecule is CC1CCCC(NCCCCN(C)C(C)C)C1C. The molecule has 18 heavy (non-hydrogen) atoms. The highest BCUT2D eigenvalue weighted by atomic mass is 15.1. The molecular formula is C16H34N2. The molecule has 0 heterocycles. The first-order valence-electron chi connectivity index (χ1n) is 7.96. The lowest BCUT2D eigenvalue weighted by atomic mass is 9.78. The predicted molar refractivity (Wildman–Crippen MR) is 81.0 cm³/mol. The van der Waals surface area contributed by atoms with Gasteiger partial charge in [-0.3, -0.25) is 0 Å². The summed E-state index contributed by atoms with van der Waals surface area (Å²) in [4.78, 5) is 2.44. The minimum absolute atomic E-state index is 0.678. The molecule has 1 N–H and O–H groups in total. The van der Waals surface area contributed by atoms with Crippen LogP contribution in [-0.2, 0) is 0 Å². The zero-order valence-corrected chi connectivity index (χ0v) is 13.2. The molecule has 0 aromatic rings. The van der Waals surface area contributed by atoms with Gasteiger partial charge in [0.15, 0.2) is 0 Å². The summed E-state index contributed by atoms with van der Waals surface area (Å²) >= 11 is 0. The first kappa shape index (κ1) is 16.0. The van der Waals surface area contributed by atoms with Gasteiger partial charge in [-0.2, -0.15) is 0 Å². The van der Waals surface area contributed by atoms with Crippen LogP contribution in [0.25, 0.3) is 0 Å². The molecule has 0 aliphatic heterocycles. The molecule has 1 aliphatic carbocycles. The molecule has 0 bridgehead atoms. The second-order valence-electron chi connectivity index (χ2n) is 6.61. The van der Waals surface area contributed by atoms with Crippen molar-refractivity contribution in [3.8, 4) is 0 Å². The number of nitrogens with one attached hydrogen (secondary N) is 1. The van der Waals surface area contributed by atoms with Crippen molar-refractivity contribution in [3.63, 3.8) is 0 Å². The van der Waals surface area contributed by atoms with Crippen LogP contribution in [0.5, 0.6) is 0 Å². The molecule has 0 aromatic heterocycles. The summed E-state index contributed by atoms with van der Waals surface area (Å²) in [5.41, 5.74) is 0. The maximum atomic E-state index is 3.79. The molecule has 108 valence electrons. The van der Waals surface area contributed by atoms with Gasteiger partial charge in [-0.1, -0.05) is 26.7 Å². The third kappa shape index (κ3) is 5.27. The van der Waals surface area contributed by atoms with E-state index in [2.05, 4.69) is 45.0 Å². The van der Waals surface area contributed by atoms with Crippen molar-refractivity contribution < 1.29 is 0 Å². The zero-order chi connectivity index (χ0) is 13.5. The maximum absolute atomic E-state index is 3.79. The Morgan fingerprint density at radius 3 is 2.56 bits per heavy atom. The van der Waals surface area contributed by atoms with Gasteiger partial charge < -0.3 is 10.2 Å². The van der Waals surface area contributed by atoms with Crippen LogP contribution in [0.15, 0.2) is 0 Å². The second kappa shape index (κ2) is 8.16. The van der Waals surface area contributed by atoms with E-state index in [9.17, 15) is 0 Å². The van der Waals surface area contributed by atoms with Crippen molar-refractivity contribution in [3.05, 3.63) is 0 Å². The Hall–Kier alpha value is -0.0800. The topological polar surface area (TPSA) is 15.3 Å². The van der Waals surface area contributed by atoms with E-state index in [0.29, 0.717) is 6.04 Å². The number of hydrogen-bond acceptors (Lipinski definition) is 2. The summed E-state index contributed by atoms with van der Waals surface area (Å²) in [5.74, 6) is 1.76. The van der Waals surface area contributed by atoms with Gasteiger partial charge in [-0.05, 0) is 65.1 Å². The fourth-order valence-electron chi connectivity index (χ4n) is 2.90. The summed E-state index contributed by atoms with van der Waals surface area (Å²) in [6.45, 7) is 11.8. The monoisotopic (exact) mass is 254 g/mol. The predicted octanol–water partition coefficient (Wildman–Crippen LogP) is 3.52. The van der Waals surface area contributed by atoms with Crippen molar-refractivity contribution in [2.24, 2.45) is 11.8 Å². The molecule has 0 amide bonds. The van der Waals surface area contributed by atoms with Crippen molar-refractivity contribution in [2.75, 3.05) is 20.1 Å². The lowest BCUT2D eigenvalue weighted by Gasteiger charge is -2.34. The van der Waals surface area contributed by atoms with Gasteiger partial charge in [0.1, 0.15) is 0 Å². The molecule has 0 saturated heterocycles. The Labute approximate surface area is 115 Å². The number of nitrogens with zero attached hydrogens (tertiary/aromatic N) is 1. The summed E-state index contributed by atoms with van der Waals surface area (Å²) in [6.07, 6.45) is 6.86. The van der Waals surface area contributed by atoms with Crippen LogP contribution >= 0.6 is 0 Å². The van der Waals surface area contributed by atoms with Crippen LogP contribution in [0, 0.1) is 11.8 Å². The van der Waals surface area contributed by atoms with E-state index in [1.54, 1.807) is 0 Å².